The number of allylic oxidation sites excluding steroid dienone is 3. The van der Waals surface area contributed by atoms with Gasteiger partial charge < -0.3 is 19.3 Å². The molecule has 0 amide bonds. The van der Waals surface area contributed by atoms with E-state index in [2.05, 4.69) is 46.1 Å². The van der Waals surface area contributed by atoms with E-state index in [1.54, 1.807) is 6.08 Å². The summed E-state index contributed by atoms with van der Waals surface area (Å²) in [5.41, 5.74) is 4.51. The Morgan fingerprint density at radius 3 is 2.62 bits per heavy atom. The van der Waals surface area contributed by atoms with Crippen LogP contribution in [0.3, 0.4) is 0 Å². The van der Waals surface area contributed by atoms with Crippen molar-refractivity contribution >= 4 is 0 Å². The number of aromatic hydroxyl groups is 1. The third kappa shape index (κ3) is 8.14. The van der Waals surface area contributed by atoms with Crippen molar-refractivity contribution in [3.05, 3.63) is 59.7 Å². The fourth-order valence-corrected chi connectivity index (χ4v) is 4.35. The van der Waals surface area contributed by atoms with Crippen LogP contribution < -0.4 is 4.74 Å². The Kier molecular flexibility index (Phi) is 11.6. The summed E-state index contributed by atoms with van der Waals surface area (Å²) in [6, 6.07) is 4.05. The summed E-state index contributed by atoms with van der Waals surface area (Å²) in [6.45, 7) is 16.8. The zero-order valence-corrected chi connectivity index (χ0v) is 20.3. The minimum Gasteiger partial charge on any atom is -0.507 e. The second kappa shape index (κ2) is 14.2. The van der Waals surface area contributed by atoms with Gasteiger partial charge in [-0.15, -0.1) is 6.58 Å². The molecule has 0 saturated carbocycles. The van der Waals surface area contributed by atoms with E-state index in [0.717, 1.165) is 48.1 Å². The summed E-state index contributed by atoms with van der Waals surface area (Å²) in [4.78, 5) is 0. The molecule has 1 aliphatic rings. The number of hydrogen-bond acceptors (Lipinski definition) is 4. The van der Waals surface area contributed by atoms with Crippen LogP contribution in [0.25, 0.3) is 0 Å². The van der Waals surface area contributed by atoms with E-state index in [0.29, 0.717) is 44.7 Å². The molecular weight excluding hydrogens is 400 g/mol. The van der Waals surface area contributed by atoms with E-state index in [1.165, 1.54) is 18.4 Å². The minimum absolute atomic E-state index is 0.0779. The minimum atomic E-state index is 0.0779. The lowest BCUT2D eigenvalue weighted by atomic mass is 9.73. The van der Waals surface area contributed by atoms with Crippen LogP contribution in [0.2, 0.25) is 0 Å². The van der Waals surface area contributed by atoms with Gasteiger partial charge >= 0.3 is 0 Å². The van der Waals surface area contributed by atoms with Gasteiger partial charge in [-0.1, -0.05) is 49.6 Å². The standard InChI is InChI=1S/C28H42O4/c1-6-8-9-10-23-19-26(29)28(25-18-22(5)11-12-24(25)21(3)4)27(20-23)32-17-16-31-15-14-30-13-7-2/h7,18-20,24-25,29H,2-3,6,8-17H2,1,4-5H3. The summed E-state index contributed by atoms with van der Waals surface area (Å²) >= 11 is 0. The average Bonchev–Trinajstić information content (AvgIpc) is 2.75. The Bertz CT molecular complexity index is 765. The van der Waals surface area contributed by atoms with Gasteiger partial charge in [0, 0.05) is 11.5 Å². The Morgan fingerprint density at radius 1 is 1.16 bits per heavy atom. The topological polar surface area (TPSA) is 47.9 Å². The monoisotopic (exact) mass is 442 g/mol. The number of hydrogen-bond donors (Lipinski definition) is 1. The lowest BCUT2D eigenvalue weighted by molar-refractivity contribution is 0.0447. The van der Waals surface area contributed by atoms with Gasteiger partial charge in [-0.05, 0) is 63.1 Å². The number of phenols is 1. The maximum Gasteiger partial charge on any atom is 0.127 e. The highest BCUT2D eigenvalue weighted by atomic mass is 16.5. The van der Waals surface area contributed by atoms with Crippen molar-refractivity contribution in [2.45, 2.75) is 65.2 Å². The first-order valence-electron chi connectivity index (χ1n) is 12.1. The fraction of sp³-hybridized carbons (Fsp3) is 0.571. The molecule has 0 spiro atoms. The van der Waals surface area contributed by atoms with E-state index in [-0.39, 0.29) is 5.92 Å². The molecule has 1 aromatic rings. The number of phenolic OH excluding ortho intramolecular Hbond substituents is 1. The summed E-state index contributed by atoms with van der Waals surface area (Å²) in [5, 5.41) is 11.1. The van der Waals surface area contributed by atoms with E-state index in [4.69, 9.17) is 14.2 Å². The Hall–Kier alpha value is -2.04. The van der Waals surface area contributed by atoms with Gasteiger partial charge in [0.2, 0.25) is 0 Å². The zero-order valence-electron chi connectivity index (χ0n) is 20.3. The average molecular weight is 443 g/mol. The molecule has 32 heavy (non-hydrogen) atoms. The molecule has 2 rings (SSSR count). The number of rotatable bonds is 15. The molecule has 0 radical (unpaired) electrons. The van der Waals surface area contributed by atoms with Crippen LogP contribution in [0.15, 0.2) is 48.6 Å². The molecule has 4 nitrogen and oxygen atoms in total. The Labute approximate surface area is 195 Å². The number of unbranched alkanes of at least 4 members (excludes halogenated alkanes) is 2. The van der Waals surface area contributed by atoms with Gasteiger partial charge in [-0.3, -0.25) is 0 Å². The molecule has 0 heterocycles. The molecule has 0 aromatic heterocycles. The lowest BCUT2D eigenvalue weighted by Crippen LogP contribution is -2.19. The molecule has 0 aliphatic heterocycles. The first-order valence-corrected chi connectivity index (χ1v) is 12.1. The van der Waals surface area contributed by atoms with E-state index < -0.39 is 0 Å². The van der Waals surface area contributed by atoms with Crippen molar-refractivity contribution in [1.29, 1.82) is 0 Å². The molecule has 0 saturated heterocycles. The van der Waals surface area contributed by atoms with Crippen LogP contribution in [0.1, 0.15) is 69.9 Å². The third-order valence-corrected chi connectivity index (χ3v) is 6.06. The first-order chi connectivity index (χ1) is 15.5. The normalized spacial score (nSPS) is 18.3. The van der Waals surface area contributed by atoms with Crippen LogP contribution in [-0.4, -0.2) is 38.1 Å². The second-order valence-electron chi connectivity index (χ2n) is 8.84. The molecule has 1 N–H and O–H groups in total. The fourth-order valence-electron chi connectivity index (χ4n) is 4.35. The Morgan fingerprint density at radius 2 is 1.91 bits per heavy atom. The van der Waals surface area contributed by atoms with Crippen molar-refractivity contribution in [3.8, 4) is 11.5 Å². The van der Waals surface area contributed by atoms with Gasteiger partial charge in [-0.25, -0.2) is 0 Å². The van der Waals surface area contributed by atoms with E-state index >= 15 is 0 Å². The number of ether oxygens (including phenoxy) is 3. The maximum atomic E-state index is 11.1. The van der Waals surface area contributed by atoms with Crippen LogP contribution in [-0.2, 0) is 15.9 Å². The highest BCUT2D eigenvalue weighted by Gasteiger charge is 2.30. The molecule has 2 atom stereocenters. The predicted octanol–water partition coefficient (Wildman–Crippen LogP) is 6.74. The third-order valence-electron chi connectivity index (χ3n) is 6.06. The maximum absolute atomic E-state index is 11.1. The van der Waals surface area contributed by atoms with Gasteiger partial charge in [-0.2, -0.15) is 0 Å². The molecule has 1 aromatic carbocycles. The number of benzene rings is 1. The summed E-state index contributed by atoms with van der Waals surface area (Å²) in [5.74, 6) is 1.48. The predicted molar refractivity (Wildman–Crippen MR) is 133 cm³/mol. The summed E-state index contributed by atoms with van der Waals surface area (Å²) in [7, 11) is 0. The quantitative estimate of drug-likeness (QED) is 0.241. The van der Waals surface area contributed by atoms with Crippen molar-refractivity contribution in [2.75, 3.05) is 33.0 Å². The second-order valence-corrected chi connectivity index (χ2v) is 8.84. The van der Waals surface area contributed by atoms with Crippen molar-refractivity contribution in [2.24, 2.45) is 5.92 Å². The van der Waals surface area contributed by atoms with Crippen LogP contribution in [0.4, 0.5) is 0 Å². The largest absolute Gasteiger partial charge is 0.507 e. The van der Waals surface area contributed by atoms with Crippen molar-refractivity contribution in [1.82, 2.24) is 0 Å². The van der Waals surface area contributed by atoms with E-state index in [1.807, 2.05) is 6.07 Å². The van der Waals surface area contributed by atoms with Gasteiger partial charge in [0.25, 0.3) is 0 Å². The molecule has 0 bridgehead atoms. The molecule has 4 heteroatoms. The summed E-state index contributed by atoms with van der Waals surface area (Å²) < 4.78 is 17.2. The van der Waals surface area contributed by atoms with Crippen LogP contribution in [0.5, 0.6) is 11.5 Å². The first kappa shape index (κ1) is 26.2. The van der Waals surface area contributed by atoms with Gasteiger partial charge in [0.15, 0.2) is 0 Å². The molecule has 0 fully saturated rings. The van der Waals surface area contributed by atoms with E-state index in [9.17, 15) is 5.11 Å². The van der Waals surface area contributed by atoms with Crippen molar-refractivity contribution < 1.29 is 19.3 Å². The Balaban J connectivity index is 2.18. The zero-order chi connectivity index (χ0) is 23.3. The molecular formula is C28H42O4. The lowest BCUT2D eigenvalue weighted by Gasteiger charge is -2.32. The molecule has 2 unspecified atom stereocenters. The molecule has 178 valence electrons. The van der Waals surface area contributed by atoms with Crippen LogP contribution in [0, 0.1) is 5.92 Å². The smallest absolute Gasteiger partial charge is 0.127 e. The summed E-state index contributed by atoms with van der Waals surface area (Å²) in [6.07, 6.45) is 10.5. The van der Waals surface area contributed by atoms with Gasteiger partial charge in [0.05, 0.1) is 26.4 Å². The van der Waals surface area contributed by atoms with Crippen LogP contribution >= 0.6 is 0 Å². The highest BCUT2D eigenvalue weighted by Crippen LogP contribution is 2.47. The number of aryl methyl sites for hydroxylation is 1. The SMILES string of the molecule is C=CCOCCOCCOc1cc(CCCCC)cc(O)c1C1C=C(C)CCC1C(=C)C. The van der Waals surface area contributed by atoms with Gasteiger partial charge in [0.1, 0.15) is 18.1 Å². The van der Waals surface area contributed by atoms with Crippen molar-refractivity contribution in [3.63, 3.8) is 0 Å². The molecule has 1 aliphatic carbocycles. The highest BCUT2D eigenvalue weighted by molar-refractivity contribution is 5.52.